The maximum atomic E-state index is 13.2. The van der Waals surface area contributed by atoms with Crippen LogP contribution in [-0.2, 0) is 12.8 Å². The summed E-state index contributed by atoms with van der Waals surface area (Å²) in [6.07, 6.45) is -3.01. The molecule has 0 aliphatic rings. The van der Waals surface area contributed by atoms with E-state index in [0.29, 0.717) is 5.69 Å². The Balaban J connectivity index is 1.97. The van der Waals surface area contributed by atoms with Crippen molar-refractivity contribution in [2.75, 3.05) is 0 Å². The number of hydrogen-bond acceptors (Lipinski definition) is 5. The first-order chi connectivity index (χ1) is 12.0. The zero-order chi connectivity index (χ0) is 17.9. The summed E-state index contributed by atoms with van der Waals surface area (Å²) in [6, 6.07) is 10.1. The topological polar surface area (TPSA) is 87.5 Å². The van der Waals surface area contributed by atoms with Crippen LogP contribution in [0.3, 0.4) is 0 Å². The molecule has 0 saturated heterocycles. The molecule has 25 heavy (non-hydrogen) atoms. The van der Waals surface area contributed by atoms with Crippen LogP contribution < -0.4 is 4.74 Å². The number of benzene rings is 1. The van der Waals surface area contributed by atoms with Gasteiger partial charge in [-0.05, 0) is 30.3 Å². The number of aromatic amines is 1. The summed E-state index contributed by atoms with van der Waals surface area (Å²) in [5.74, 6) is -0.0117. The van der Waals surface area contributed by atoms with Gasteiger partial charge in [0.05, 0.1) is 11.3 Å². The Bertz CT molecular complexity index is 916. The lowest BCUT2D eigenvalue weighted by atomic mass is 10.1. The Morgan fingerprint density at radius 2 is 2.00 bits per heavy atom. The van der Waals surface area contributed by atoms with Gasteiger partial charge in [-0.1, -0.05) is 6.07 Å². The van der Waals surface area contributed by atoms with E-state index in [9.17, 15) is 13.2 Å². The van der Waals surface area contributed by atoms with E-state index >= 15 is 0 Å². The molecular weight excluding hydrogens is 335 g/mol. The summed E-state index contributed by atoms with van der Waals surface area (Å²) in [4.78, 5) is 4.05. The lowest BCUT2D eigenvalue weighted by Crippen LogP contribution is -2.06. The van der Waals surface area contributed by atoms with Crippen LogP contribution >= 0.6 is 0 Å². The number of aromatic nitrogens is 4. The van der Waals surface area contributed by atoms with Crippen molar-refractivity contribution in [3.63, 3.8) is 0 Å². The van der Waals surface area contributed by atoms with Gasteiger partial charge in [0.15, 0.2) is 5.69 Å². The van der Waals surface area contributed by atoms with Crippen molar-refractivity contribution in [2.45, 2.75) is 12.8 Å². The average molecular weight is 345 g/mol. The standard InChI is InChI=1S/C16H10F3N5O/c17-16(18,19)11-5-10(15-14(8-20)22-24-23-15)6-13(7-11)25-9-12-3-1-2-4-21-12/h1-7H,9H2,(H,22,23,24). The third kappa shape index (κ3) is 3.74. The van der Waals surface area contributed by atoms with Gasteiger partial charge in [-0.3, -0.25) is 4.98 Å². The van der Waals surface area contributed by atoms with E-state index in [1.165, 1.54) is 6.07 Å². The Morgan fingerprint density at radius 3 is 2.68 bits per heavy atom. The van der Waals surface area contributed by atoms with E-state index in [4.69, 9.17) is 10.00 Å². The van der Waals surface area contributed by atoms with Crippen LogP contribution in [0.4, 0.5) is 13.2 Å². The van der Waals surface area contributed by atoms with E-state index in [-0.39, 0.29) is 29.3 Å². The summed E-state index contributed by atoms with van der Waals surface area (Å²) < 4.78 is 44.9. The smallest absolute Gasteiger partial charge is 0.416 e. The third-order valence-electron chi connectivity index (χ3n) is 3.27. The fourth-order valence-electron chi connectivity index (χ4n) is 2.13. The summed E-state index contributed by atoms with van der Waals surface area (Å²) in [7, 11) is 0. The molecule has 0 fully saturated rings. The first-order valence-corrected chi connectivity index (χ1v) is 7.03. The van der Waals surface area contributed by atoms with Gasteiger partial charge in [-0.2, -0.15) is 28.7 Å². The van der Waals surface area contributed by atoms with Gasteiger partial charge in [0.25, 0.3) is 0 Å². The van der Waals surface area contributed by atoms with Crippen molar-refractivity contribution in [3.8, 4) is 23.1 Å². The average Bonchev–Trinajstić information content (AvgIpc) is 3.08. The molecule has 0 aliphatic carbocycles. The maximum Gasteiger partial charge on any atom is 0.416 e. The molecule has 9 heteroatoms. The predicted molar refractivity (Wildman–Crippen MR) is 80.1 cm³/mol. The van der Waals surface area contributed by atoms with E-state index in [1.54, 1.807) is 30.5 Å². The predicted octanol–water partition coefficient (Wildman–Crippen LogP) is 3.34. The number of hydrogen-bond donors (Lipinski definition) is 1. The van der Waals surface area contributed by atoms with Crippen molar-refractivity contribution in [1.82, 2.24) is 20.4 Å². The number of nitrogens with one attached hydrogen (secondary N) is 1. The first-order valence-electron chi connectivity index (χ1n) is 7.03. The van der Waals surface area contributed by atoms with Gasteiger partial charge in [0.2, 0.25) is 0 Å². The number of halogens is 3. The zero-order valence-electron chi connectivity index (χ0n) is 12.6. The van der Waals surface area contributed by atoms with Gasteiger partial charge in [-0.15, -0.1) is 5.10 Å². The first kappa shape index (κ1) is 16.4. The summed E-state index contributed by atoms with van der Waals surface area (Å²) >= 11 is 0. The van der Waals surface area contributed by atoms with Gasteiger partial charge in [0.1, 0.15) is 24.1 Å². The number of nitriles is 1. The number of rotatable bonds is 4. The highest BCUT2D eigenvalue weighted by atomic mass is 19.4. The van der Waals surface area contributed by atoms with Crippen molar-refractivity contribution in [3.05, 3.63) is 59.5 Å². The monoisotopic (exact) mass is 345 g/mol. The minimum Gasteiger partial charge on any atom is -0.487 e. The summed E-state index contributed by atoms with van der Waals surface area (Å²) in [5.41, 5.74) is -0.337. The molecule has 0 bridgehead atoms. The van der Waals surface area contributed by atoms with Crippen LogP contribution in [0.25, 0.3) is 11.3 Å². The molecule has 0 aliphatic heterocycles. The summed E-state index contributed by atoms with van der Waals surface area (Å²) in [6.45, 7) is 0.00547. The van der Waals surface area contributed by atoms with Gasteiger partial charge >= 0.3 is 6.18 Å². The van der Waals surface area contributed by atoms with E-state index < -0.39 is 11.7 Å². The third-order valence-corrected chi connectivity index (χ3v) is 3.27. The molecule has 0 saturated carbocycles. The van der Waals surface area contributed by atoms with Crippen molar-refractivity contribution in [1.29, 1.82) is 5.26 Å². The second-order valence-electron chi connectivity index (χ2n) is 4.99. The van der Waals surface area contributed by atoms with Crippen LogP contribution in [0.2, 0.25) is 0 Å². The Labute approximate surface area is 139 Å². The molecular formula is C16H10F3N5O. The van der Waals surface area contributed by atoms with Crippen LogP contribution in [0.15, 0.2) is 42.6 Å². The quantitative estimate of drug-likeness (QED) is 0.783. The van der Waals surface area contributed by atoms with Crippen LogP contribution in [0.1, 0.15) is 17.0 Å². The molecule has 0 spiro atoms. The van der Waals surface area contributed by atoms with E-state index in [1.807, 2.05) is 0 Å². The molecule has 2 heterocycles. The molecule has 1 N–H and O–H groups in total. The number of nitrogens with zero attached hydrogens (tertiary/aromatic N) is 4. The van der Waals surface area contributed by atoms with Crippen molar-refractivity contribution >= 4 is 0 Å². The minimum absolute atomic E-state index is 0.00547. The minimum atomic E-state index is -4.57. The largest absolute Gasteiger partial charge is 0.487 e. The molecule has 6 nitrogen and oxygen atoms in total. The molecule has 0 radical (unpaired) electrons. The molecule has 126 valence electrons. The number of pyridine rings is 1. The molecule has 1 aromatic carbocycles. The van der Waals surface area contributed by atoms with Gasteiger partial charge < -0.3 is 4.74 Å². The Hall–Kier alpha value is -3.41. The molecule has 0 amide bonds. The van der Waals surface area contributed by atoms with Crippen LogP contribution in [0, 0.1) is 11.3 Å². The molecule has 2 aromatic heterocycles. The number of ether oxygens (including phenoxy) is 1. The highest BCUT2D eigenvalue weighted by Gasteiger charge is 2.32. The summed E-state index contributed by atoms with van der Waals surface area (Å²) in [5, 5.41) is 18.6. The molecule has 3 rings (SSSR count). The SMILES string of the molecule is N#Cc1n[nH]nc1-c1cc(OCc2ccccn2)cc(C(F)(F)F)c1. The van der Waals surface area contributed by atoms with E-state index in [0.717, 1.165) is 12.1 Å². The number of H-pyrrole nitrogens is 1. The van der Waals surface area contributed by atoms with Crippen LogP contribution in [-0.4, -0.2) is 20.4 Å². The van der Waals surface area contributed by atoms with E-state index in [2.05, 4.69) is 20.4 Å². The second kappa shape index (κ2) is 6.60. The highest BCUT2D eigenvalue weighted by Crippen LogP contribution is 2.35. The lowest BCUT2D eigenvalue weighted by molar-refractivity contribution is -0.137. The van der Waals surface area contributed by atoms with Gasteiger partial charge in [0, 0.05) is 11.8 Å². The Kier molecular flexibility index (Phi) is 4.35. The van der Waals surface area contributed by atoms with Crippen molar-refractivity contribution < 1.29 is 17.9 Å². The van der Waals surface area contributed by atoms with Crippen LogP contribution in [0.5, 0.6) is 5.75 Å². The molecule has 0 unspecified atom stereocenters. The normalized spacial score (nSPS) is 11.1. The number of alkyl halides is 3. The lowest BCUT2D eigenvalue weighted by Gasteiger charge is -2.12. The van der Waals surface area contributed by atoms with Gasteiger partial charge in [-0.25, -0.2) is 0 Å². The fraction of sp³-hybridized carbons (Fsp3) is 0.125. The zero-order valence-corrected chi connectivity index (χ0v) is 12.6. The molecule has 0 atom stereocenters. The fourth-order valence-corrected chi connectivity index (χ4v) is 2.13. The second-order valence-corrected chi connectivity index (χ2v) is 4.99. The maximum absolute atomic E-state index is 13.2. The molecule has 3 aromatic rings. The highest BCUT2D eigenvalue weighted by molar-refractivity contribution is 5.67. The Morgan fingerprint density at radius 1 is 1.16 bits per heavy atom. The van der Waals surface area contributed by atoms with Crippen molar-refractivity contribution in [2.24, 2.45) is 0 Å².